The Kier molecular flexibility index (Phi) is 16.9. The van der Waals surface area contributed by atoms with Crippen molar-refractivity contribution in [3.8, 4) is 29.3 Å². The topological polar surface area (TPSA) is 256 Å². The van der Waals surface area contributed by atoms with Crippen LogP contribution in [0.1, 0.15) is 29.8 Å². The van der Waals surface area contributed by atoms with Crippen LogP contribution < -0.4 is 29.0 Å². The van der Waals surface area contributed by atoms with Crippen molar-refractivity contribution in [2.45, 2.75) is 31.0 Å². The van der Waals surface area contributed by atoms with Crippen molar-refractivity contribution in [3.05, 3.63) is 86.9 Å². The van der Waals surface area contributed by atoms with Gasteiger partial charge in [0.15, 0.2) is 6.10 Å². The van der Waals surface area contributed by atoms with Crippen LogP contribution in [0.5, 0.6) is 29.3 Å². The molecule has 0 aliphatic heterocycles. The number of nitro benzene ring substituents is 1. The molecule has 0 fully saturated rings. The molecule has 4 rings (SSSR count). The summed E-state index contributed by atoms with van der Waals surface area (Å²) in [6, 6.07) is 9.89. The lowest BCUT2D eigenvalue weighted by atomic mass is 10.1. The van der Waals surface area contributed by atoms with E-state index in [2.05, 4.69) is 20.3 Å². The van der Waals surface area contributed by atoms with E-state index in [9.17, 15) is 46.1 Å². The van der Waals surface area contributed by atoms with E-state index in [0.717, 1.165) is 30.3 Å². The van der Waals surface area contributed by atoms with E-state index in [1.165, 1.54) is 46.5 Å². The van der Waals surface area contributed by atoms with E-state index in [1.54, 1.807) is 13.0 Å². The number of carbonyl (C=O) groups excluding carboxylic acids is 3. The minimum atomic E-state index is -4.61. The Bertz CT molecular complexity index is 2230. The van der Waals surface area contributed by atoms with Gasteiger partial charge >= 0.3 is 36.2 Å². The van der Waals surface area contributed by atoms with E-state index < -0.39 is 62.0 Å². The molecule has 0 radical (unpaired) electrons. The molecule has 59 heavy (non-hydrogen) atoms. The van der Waals surface area contributed by atoms with Crippen LogP contribution in [0.4, 0.5) is 29.6 Å². The highest BCUT2D eigenvalue weighted by atomic mass is 35.5. The number of urea groups is 1. The molecule has 0 aliphatic rings. The van der Waals surface area contributed by atoms with Crippen LogP contribution in [0, 0.1) is 10.1 Å². The first-order valence-corrected chi connectivity index (χ1v) is 18.3. The average Bonchev–Trinajstić information content (AvgIpc) is 3.18. The number of hydrogen-bond donors (Lipinski definition) is 2. The van der Waals surface area contributed by atoms with E-state index in [4.69, 9.17) is 44.8 Å². The van der Waals surface area contributed by atoms with Crippen LogP contribution in [0.3, 0.4) is 0 Å². The summed E-state index contributed by atoms with van der Waals surface area (Å²) in [5.41, 5.74) is -2.17. The molecule has 2 N–H and O–H groups in total. The van der Waals surface area contributed by atoms with Gasteiger partial charge in [0.05, 0.1) is 42.9 Å². The van der Waals surface area contributed by atoms with Gasteiger partial charge in [-0.05, 0) is 50.2 Å². The van der Waals surface area contributed by atoms with Gasteiger partial charge in [-0.1, -0.05) is 23.7 Å². The van der Waals surface area contributed by atoms with Crippen molar-refractivity contribution in [1.29, 1.82) is 0 Å². The number of alkyl halides is 3. The molecule has 1 atom stereocenters. The number of rotatable bonds is 16. The first kappa shape index (κ1) is 46.8. The molecule has 0 saturated carbocycles. The summed E-state index contributed by atoms with van der Waals surface area (Å²) in [5.74, 6) is -2.55. The van der Waals surface area contributed by atoms with Gasteiger partial charge in [-0.3, -0.25) is 15.4 Å². The molecular formula is C34H34ClF3N6O14S. The predicted molar refractivity (Wildman–Crippen MR) is 197 cm³/mol. The van der Waals surface area contributed by atoms with Gasteiger partial charge in [0.25, 0.3) is 15.7 Å². The lowest BCUT2D eigenvalue weighted by Crippen LogP contribution is -2.35. The number of carbonyl (C=O) groups is 3. The summed E-state index contributed by atoms with van der Waals surface area (Å²) in [7, 11) is -0.133. The number of nitrogens with one attached hydrogen (secondary N) is 2. The zero-order valence-electron chi connectivity index (χ0n) is 31.4. The molecule has 318 valence electrons. The van der Waals surface area contributed by atoms with Crippen LogP contribution in [0.2, 0.25) is 5.02 Å². The smallest absolute Gasteiger partial charge is 0.416 e. The van der Waals surface area contributed by atoms with Gasteiger partial charge in [-0.15, -0.1) is 4.98 Å². The molecule has 4 aromatic rings. The summed E-state index contributed by atoms with van der Waals surface area (Å²) in [4.78, 5) is 57.6. The third-order valence-electron chi connectivity index (χ3n) is 6.87. The monoisotopic (exact) mass is 874 g/mol. The Morgan fingerprint density at radius 2 is 1.59 bits per heavy atom. The molecule has 1 unspecified atom stereocenters. The highest BCUT2D eigenvalue weighted by Crippen LogP contribution is 2.37. The minimum absolute atomic E-state index is 0.0398. The van der Waals surface area contributed by atoms with Crippen LogP contribution >= 0.6 is 11.6 Å². The van der Waals surface area contributed by atoms with Crippen molar-refractivity contribution in [3.63, 3.8) is 0 Å². The van der Waals surface area contributed by atoms with Gasteiger partial charge in [0.1, 0.15) is 34.3 Å². The normalized spacial score (nSPS) is 11.5. The summed E-state index contributed by atoms with van der Waals surface area (Å²) < 4.78 is 100. The van der Waals surface area contributed by atoms with E-state index in [-0.39, 0.29) is 65.0 Å². The minimum Gasteiger partial charge on any atom is -0.490 e. The van der Waals surface area contributed by atoms with Crippen molar-refractivity contribution in [2.24, 2.45) is 0 Å². The molecule has 20 nitrogen and oxygen atoms in total. The molecule has 1 heterocycles. The molecule has 2 amide bonds. The Morgan fingerprint density at radius 3 is 2.17 bits per heavy atom. The highest BCUT2D eigenvalue weighted by molar-refractivity contribution is 7.90. The summed E-state index contributed by atoms with van der Waals surface area (Å²) in [6.45, 7) is 3.22. The second-order valence-corrected chi connectivity index (χ2v) is 13.0. The number of benzene rings is 3. The molecule has 0 aliphatic carbocycles. The van der Waals surface area contributed by atoms with Gasteiger partial charge in [-0.2, -0.15) is 23.1 Å². The Labute approximate surface area is 338 Å². The molecular weight excluding hydrogens is 841 g/mol. The molecule has 3 aromatic carbocycles. The Morgan fingerprint density at radius 1 is 0.932 bits per heavy atom. The summed E-state index contributed by atoms with van der Waals surface area (Å²) in [6.07, 6.45) is -5.94. The van der Waals surface area contributed by atoms with Gasteiger partial charge in [0, 0.05) is 19.2 Å². The van der Waals surface area contributed by atoms with E-state index in [0.29, 0.717) is 6.07 Å². The molecule has 0 bridgehead atoms. The largest absolute Gasteiger partial charge is 0.490 e. The van der Waals surface area contributed by atoms with Crippen LogP contribution in [0.15, 0.2) is 65.6 Å². The van der Waals surface area contributed by atoms with Crippen LogP contribution in [-0.2, 0) is 35.2 Å². The highest BCUT2D eigenvalue weighted by Gasteiger charge is 2.32. The first-order valence-electron chi connectivity index (χ1n) is 16.4. The van der Waals surface area contributed by atoms with E-state index in [1.807, 2.05) is 4.72 Å². The van der Waals surface area contributed by atoms with Crippen molar-refractivity contribution >= 4 is 51.2 Å². The number of aromatic nitrogens is 3. The zero-order valence-corrected chi connectivity index (χ0v) is 33.0. The first-order chi connectivity index (χ1) is 27.8. The third-order valence-corrected chi connectivity index (χ3v) is 8.54. The second-order valence-electron chi connectivity index (χ2n) is 11.0. The standard InChI is InChI=1S/C19H15ClF3NO7.C15H19N5O7S/c1-3-29-17(25)10(2)30-18(26)13-9-12(5-6-15(13)24(27)28)31-16-7-4-11(8-14(16)20)19(21,22)23;1-24-8-9-27-10-6-4-5-7-11(10)28(22,23)20-13(21)16-12-17-14(25-2)19-15(18-12)26-3/h4-10H,3H2,1-2H3;4-7H,8-9H2,1-3H3,(H2,16,17,18,19,20,21). The van der Waals surface area contributed by atoms with Gasteiger partial charge < -0.3 is 33.2 Å². The third kappa shape index (κ3) is 13.8. The molecule has 0 spiro atoms. The molecule has 0 saturated heterocycles. The van der Waals surface area contributed by atoms with Crippen molar-refractivity contribution < 1.29 is 74.1 Å². The summed E-state index contributed by atoms with van der Waals surface area (Å²) in [5, 5.41) is 13.1. The van der Waals surface area contributed by atoms with Crippen LogP contribution in [0.25, 0.3) is 0 Å². The maximum Gasteiger partial charge on any atom is 0.416 e. The number of ether oxygens (including phenoxy) is 7. The Hall–Kier alpha value is -6.53. The van der Waals surface area contributed by atoms with Crippen molar-refractivity contribution in [1.82, 2.24) is 19.7 Å². The SMILES string of the molecule is CCOC(=O)C(C)OC(=O)c1cc(Oc2ccc(C(F)(F)F)cc2Cl)ccc1[N+](=O)[O-].COCCOc1ccccc1S(=O)(=O)NC(=O)Nc1nc(OC)nc(OC)n1. The van der Waals surface area contributed by atoms with Gasteiger partial charge in [-0.25, -0.2) is 27.5 Å². The number of halogens is 4. The van der Waals surface area contributed by atoms with E-state index >= 15 is 0 Å². The summed E-state index contributed by atoms with van der Waals surface area (Å²) >= 11 is 5.83. The van der Waals surface area contributed by atoms with Crippen molar-refractivity contribution in [2.75, 3.05) is 46.5 Å². The number of sulfonamides is 1. The Balaban J connectivity index is 0.000000317. The van der Waals surface area contributed by atoms with Gasteiger partial charge in [0.2, 0.25) is 5.95 Å². The molecule has 25 heteroatoms. The fraction of sp³-hybridized carbons (Fsp3) is 0.294. The number of amides is 2. The number of nitro groups is 1. The average molecular weight is 875 g/mol. The number of methoxy groups -OCH3 is 3. The molecule has 1 aromatic heterocycles. The maximum absolute atomic E-state index is 12.8. The fourth-order valence-corrected chi connectivity index (χ4v) is 5.50. The second kappa shape index (κ2) is 21.3. The lowest BCUT2D eigenvalue weighted by molar-refractivity contribution is -0.385. The fourth-order valence-electron chi connectivity index (χ4n) is 4.23. The maximum atomic E-state index is 12.8. The zero-order chi connectivity index (χ0) is 43.9. The van der Waals surface area contributed by atoms with Crippen LogP contribution in [-0.4, -0.2) is 93.5 Å². The number of esters is 2. The number of para-hydroxylation sites is 1. The predicted octanol–water partition coefficient (Wildman–Crippen LogP) is 5.59. The quantitative estimate of drug-likeness (QED) is 0.0602. The number of anilines is 1. The lowest BCUT2D eigenvalue weighted by Gasteiger charge is -2.13. The number of nitrogens with zero attached hydrogens (tertiary/aromatic N) is 4. The number of hydrogen-bond acceptors (Lipinski definition) is 17.